The Balaban J connectivity index is 1.77. The predicted octanol–water partition coefficient (Wildman–Crippen LogP) is 6.53. The molecule has 0 aliphatic carbocycles. The van der Waals surface area contributed by atoms with Crippen LogP contribution < -0.4 is 5.32 Å². The summed E-state index contributed by atoms with van der Waals surface area (Å²) in [5.41, 5.74) is 2.21. The van der Waals surface area contributed by atoms with Crippen molar-refractivity contribution < 1.29 is 19.5 Å². The average molecular weight is 523 g/mol. The Morgan fingerprint density at radius 3 is 2.00 bits per heavy atom. The number of carbonyl (C=O) groups is 3. The first-order chi connectivity index (χ1) is 18.5. The van der Waals surface area contributed by atoms with E-state index >= 15 is 0 Å². The van der Waals surface area contributed by atoms with Crippen molar-refractivity contribution in [1.82, 2.24) is 10.2 Å². The van der Waals surface area contributed by atoms with Crippen molar-refractivity contribution in [3.05, 3.63) is 71.8 Å². The van der Waals surface area contributed by atoms with E-state index in [0.717, 1.165) is 30.4 Å². The average Bonchev–Trinajstić information content (AvgIpc) is 2.93. The minimum absolute atomic E-state index is 0.0930. The van der Waals surface area contributed by atoms with Crippen LogP contribution in [0.15, 0.2) is 60.7 Å². The van der Waals surface area contributed by atoms with E-state index in [1.165, 1.54) is 25.7 Å². The van der Waals surface area contributed by atoms with Crippen LogP contribution in [0.1, 0.15) is 95.1 Å². The third kappa shape index (κ3) is 13.4. The third-order valence-electron chi connectivity index (χ3n) is 6.85. The molecular formula is C32H46N2O4. The number of hydrogen-bond donors (Lipinski definition) is 2. The molecule has 0 aliphatic rings. The smallest absolute Gasteiger partial charge is 0.326 e. The number of carboxylic acid groups (broad SMARTS) is 1. The van der Waals surface area contributed by atoms with Crippen LogP contribution in [0.5, 0.6) is 0 Å². The molecule has 0 aliphatic heterocycles. The van der Waals surface area contributed by atoms with Crippen molar-refractivity contribution in [2.75, 3.05) is 6.54 Å². The highest BCUT2D eigenvalue weighted by Gasteiger charge is 2.20. The molecule has 0 bridgehead atoms. The molecule has 0 aromatic heterocycles. The first-order valence-corrected chi connectivity index (χ1v) is 14.4. The van der Waals surface area contributed by atoms with E-state index in [9.17, 15) is 19.5 Å². The lowest BCUT2D eigenvalue weighted by molar-refractivity contribution is -0.142. The second-order valence-corrected chi connectivity index (χ2v) is 10.1. The molecule has 2 aromatic carbocycles. The summed E-state index contributed by atoms with van der Waals surface area (Å²) in [5.74, 6) is -1.10. The van der Waals surface area contributed by atoms with Gasteiger partial charge in [0, 0.05) is 25.9 Å². The van der Waals surface area contributed by atoms with Gasteiger partial charge in [0.1, 0.15) is 6.04 Å². The van der Waals surface area contributed by atoms with E-state index in [1.54, 1.807) is 0 Å². The highest BCUT2D eigenvalue weighted by Crippen LogP contribution is 2.13. The van der Waals surface area contributed by atoms with Crippen molar-refractivity contribution in [1.29, 1.82) is 0 Å². The Morgan fingerprint density at radius 2 is 1.37 bits per heavy atom. The summed E-state index contributed by atoms with van der Waals surface area (Å²) in [6, 6.07) is 19.0. The molecule has 208 valence electrons. The van der Waals surface area contributed by atoms with Gasteiger partial charge in [-0.2, -0.15) is 0 Å². The minimum Gasteiger partial charge on any atom is -0.480 e. The number of unbranched alkanes of at least 4 members (excludes halogenated alkanes) is 7. The lowest BCUT2D eigenvalue weighted by atomic mass is 10.1. The molecule has 2 aromatic rings. The summed E-state index contributed by atoms with van der Waals surface area (Å²) in [6.45, 7) is 3.28. The van der Waals surface area contributed by atoms with Gasteiger partial charge in [-0.1, -0.05) is 106 Å². The summed E-state index contributed by atoms with van der Waals surface area (Å²) in [6.07, 6.45) is 11.0. The van der Waals surface area contributed by atoms with Gasteiger partial charge in [0.05, 0.1) is 0 Å². The van der Waals surface area contributed by atoms with Crippen LogP contribution in [0.3, 0.4) is 0 Å². The zero-order chi connectivity index (χ0) is 27.4. The van der Waals surface area contributed by atoms with Crippen LogP contribution in [0.25, 0.3) is 0 Å². The molecule has 1 unspecified atom stereocenters. The summed E-state index contributed by atoms with van der Waals surface area (Å²) in [4.78, 5) is 39.0. The fraction of sp³-hybridized carbons (Fsp3) is 0.531. The molecule has 38 heavy (non-hydrogen) atoms. The topological polar surface area (TPSA) is 86.7 Å². The maximum atomic E-state index is 13.1. The fourth-order valence-electron chi connectivity index (χ4n) is 4.57. The summed E-state index contributed by atoms with van der Waals surface area (Å²) >= 11 is 0. The molecule has 2 amide bonds. The van der Waals surface area contributed by atoms with Crippen molar-refractivity contribution in [2.45, 2.75) is 103 Å². The molecular weight excluding hydrogens is 476 g/mol. The molecule has 6 nitrogen and oxygen atoms in total. The van der Waals surface area contributed by atoms with Crippen molar-refractivity contribution in [3.8, 4) is 0 Å². The number of benzene rings is 2. The van der Waals surface area contributed by atoms with Crippen molar-refractivity contribution in [2.24, 2.45) is 0 Å². The standard InChI is InChI=1S/C32H46N2O4/c1-2-3-4-5-6-7-14-22-30(35)33-29(32(37)38)21-15-16-25-34(26-28-19-12-9-13-20-28)31(36)24-23-27-17-10-8-11-18-27/h8-13,17-20,29H,2-7,14-16,21-26H2,1H3,(H,33,35)(H,37,38). The second kappa shape index (κ2) is 19.0. The van der Waals surface area contributed by atoms with Gasteiger partial charge in [-0.15, -0.1) is 0 Å². The van der Waals surface area contributed by atoms with Gasteiger partial charge < -0.3 is 15.3 Å². The van der Waals surface area contributed by atoms with Crippen LogP contribution in [0, 0.1) is 0 Å². The van der Waals surface area contributed by atoms with E-state index in [2.05, 4.69) is 12.2 Å². The molecule has 1 atom stereocenters. The van der Waals surface area contributed by atoms with Gasteiger partial charge in [-0.25, -0.2) is 4.79 Å². The van der Waals surface area contributed by atoms with Crippen molar-refractivity contribution in [3.63, 3.8) is 0 Å². The van der Waals surface area contributed by atoms with E-state index < -0.39 is 12.0 Å². The van der Waals surface area contributed by atoms with Crippen LogP contribution in [0.4, 0.5) is 0 Å². The van der Waals surface area contributed by atoms with E-state index in [4.69, 9.17) is 0 Å². The fourth-order valence-corrected chi connectivity index (χ4v) is 4.57. The third-order valence-corrected chi connectivity index (χ3v) is 6.85. The first-order valence-electron chi connectivity index (χ1n) is 14.4. The number of aryl methyl sites for hydroxylation is 1. The molecule has 0 radical (unpaired) electrons. The van der Waals surface area contributed by atoms with Crippen LogP contribution >= 0.6 is 0 Å². The lowest BCUT2D eigenvalue weighted by Crippen LogP contribution is -2.40. The number of hydrogen-bond acceptors (Lipinski definition) is 3. The largest absolute Gasteiger partial charge is 0.480 e. The van der Waals surface area contributed by atoms with E-state index in [0.29, 0.717) is 51.6 Å². The Bertz CT molecular complexity index is 933. The molecule has 0 fully saturated rings. The number of carboxylic acids is 1. The van der Waals surface area contributed by atoms with Gasteiger partial charge in [0.25, 0.3) is 0 Å². The van der Waals surface area contributed by atoms with Crippen molar-refractivity contribution >= 4 is 17.8 Å². The van der Waals surface area contributed by atoms with Crippen LogP contribution in [-0.2, 0) is 27.3 Å². The number of amides is 2. The lowest BCUT2D eigenvalue weighted by Gasteiger charge is -2.23. The van der Waals surface area contributed by atoms with Crippen LogP contribution in [-0.4, -0.2) is 40.4 Å². The summed E-state index contributed by atoms with van der Waals surface area (Å²) in [5, 5.41) is 12.3. The SMILES string of the molecule is CCCCCCCCCC(=O)NC(CCCCN(Cc1ccccc1)C(=O)CCc1ccccc1)C(=O)O. The molecule has 6 heteroatoms. The Hall–Kier alpha value is -3.15. The van der Waals surface area contributed by atoms with Gasteiger partial charge in [-0.05, 0) is 43.2 Å². The first kappa shape index (κ1) is 31.1. The zero-order valence-corrected chi connectivity index (χ0v) is 23.1. The molecule has 2 rings (SSSR count). The summed E-state index contributed by atoms with van der Waals surface area (Å²) in [7, 11) is 0. The Labute approximate surface area is 228 Å². The van der Waals surface area contributed by atoms with E-state index in [-0.39, 0.29) is 11.8 Å². The quantitative estimate of drug-likeness (QED) is 0.194. The highest BCUT2D eigenvalue weighted by atomic mass is 16.4. The molecule has 0 saturated carbocycles. The predicted molar refractivity (Wildman–Crippen MR) is 153 cm³/mol. The normalized spacial score (nSPS) is 11.6. The number of nitrogens with one attached hydrogen (secondary N) is 1. The number of rotatable bonds is 20. The zero-order valence-electron chi connectivity index (χ0n) is 23.1. The Kier molecular flexibility index (Phi) is 15.5. The van der Waals surface area contributed by atoms with Gasteiger partial charge in [0.2, 0.25) is 11.8 Å². The highest BCUT2D eigenvalue weighted by molar-refractivity contribution is 5.83. The molecule has 0 heterocycles. The second-order valence-electron chi connectivity index (χ2n) is 10.1. The van der Waals surface area contributed by atoms with Gasteiger partial charge >= 0.3 is 5.97 Å². The minimum atomic E-state index is -1.00. The van der Waals surface area contributed by atoms with Crippen LogP contribution in [0.2, 0.25) is 0 Å². The maximum absolute atomic E-state index is 13.1. The summed E-state index contributed by atoms with van der Waals surface area (Å²) < 4.78 is 0. The molecule has 0 spiro atoms. The molecule has 0 saturated heterocycles. The van der Waals surface area contributed by atoms with Gasteiger partial charge in [0.15, 0.2) is 0 Å². The van der Waals surface area contributed by atoms with Gasteiger partial charge in [-0.3, -0.25) is 9.59 Å². The monoisotopic (exact) mass is 522 g/mol. The number of aliphatic carboxylic acids is 1. The Morgan fingerprint density at radius 1 is 0.763 bits per heavy atom. The maximum Gasteiger partial charge on any atom is 0.326 e. The van der Waals surface area contributed by atoms with E-state index in [1.807, 2.05) is 65.6 Å². The molecule has 2 N–H and O–H groups in total. The number of nitrogens with zero attached hydrogens (tertiary/aromatic N) is 1. The number of carbonyl (C=O) groups excluding carboxylic acids is 2.